The van der Waals surface area contributed by atoms with Gasteiger partial charge in [-0.05, 0) is 30.2 Å². The Kier molecular flexibility index (Phi) is 4.78. The van der Waals surface area contributed by atoms with E-state index >= 15 is 0 Å². The maximum Gasteiger partial charge on any atom is 0.280 e. The maximum atomic E-state index is 12.5. The van der Waals surface area contributed by atoms with Gasteiger partial charge < -0.3 is 4.74 Å². The minimum atomic E-state index is -0.826. The highest BCUT2D eigenvalue weighted by atomic mass is 16.6. The van der Waals surface area contributed by atoms with E-state index in [2.05, 4.69) is 10.5 Å². The van der Waals surface area contributed by atoms with Crippen LogP contribution in [0.4, 0.5) is 5.69 Å². The lowest BCUT2D eigenvalue weighted by Crippen LogP contribution is -2.34. The molecule has 7 nitrogen and oxygen atoms in total. The molecule has 0 saturated heterocycles. The van der Waals surface area contributed by atoms with Crippen LogP contribution in [0.15, 0.2) is 77.9 Å². The predicted octanol–water partition coefficient (Wildman–Crippen LogP) is 3.91. The van der Waals surface area contributed by atoms with Crippen molar-refractivity contribution < 1.29 is 14.5 Å². The molecule has 0 saturated carbocycles. The van der Waals surface area contributed by atoms with Crippen LogP contribution in [-0.2, 0) is 4.79 Å². The summed E-state index contributed by atoms with van der Waals surface area (Å²) in [4.78, 5) is 22.7. The SMILES string of the molecule is C[C@H](Oc1ccc([N+](=O)[O-])cc1)C(=O)NN=C1c2ccccc2-c2ccccc21. The van der Waals surface area contributed by atoms with Crippen LogP contribution in [0.5, 0.6) is 5.75 Å². The summed E-state index contributed by atoms with van der Waals surface area (Å²) < 4.78 is 5.56. The third-order valence-electron chi connectivity index (χ3n) is 4.66. The summed E-state index contributed by atoms with van der Waals surface area (Å²) in [6, 6.07) is 21.4. The Morgan fingerprint density at radius 2 is 1.45 bits per heavy atom. The van der Waals surface area contributed by atoms with Crippen LogP contribution in [0.2, 0.25) is 0 Å². The molecular formula is C22H17N3O4. The summed E-state index contributed by atoms with van der Waals surface area (Å²) >= 11 is 0. The van der Waals surface area contributed by atoms with Crippen molar-refractivity contribution in [2.45, 2.75) is 13.0 Å². The van der Waals surface area contributed by atoms with Crippen molar-refractivity contribution in [1.82, 2.24) is 5.43 Å². The second kappa shape index (κ2) is 7.55. The standard InChI is InChI=1S/C22H17N3O4/c1-14(29-16-12-10-15(11-13-16)25(27)28)22(26)24-23-21-19-8-4-2-6-17(19)18-7-3-5-9-20(18)21/h2-14H,1H3,(H,24,26)/t14-/m0/s1. The number of ether oxygens (including phenoxy) is 1. The zero-order valence-electron chi connectivity index (χ0n) is 15.5. The maximum absolute atomic E-state index is 12.5. The fourth-order valence-corrected chi connectivity index (χ4v) is 3.22. The summed E-state index contributed by atoms with van der Waals surface area (Å²) in [7, 11) is 0. The van der Waals surface area contributed by atoms with E-state index in [1.165, 1.54) is 24.3 Å². The number of rotatable bonds is 5. The highest BCUT2D eigenvalue weighted by molar-refractivity contribution is 6.24. The first kappa shape index (κ1) is 18.4. The highest BCUT2D eigenvalue weighted by Gasteiger charge is 2.24. The summed E-state index contributed by atoms with van der Waals surface area (Å²) in [5, 5.41) is 15.1. The van der Waals surface area contributed by atoms with Gasteiger partial charge in [0.15, 0.2) is 6.10 Å². The molecule has 3 aromatic carbocycles. The largest absolute Gasteiger partial charge is 0.481 e. The Labute approximate surface area is 166 Å². The predicted molar refractivity (Wildman–Crippen MR) is 109 cm³/mol. The number of carbonyl (C=O) groups is 1. The fourth-order valence-electron chi connectivity index (χ4n) is 3.22. The average Bonchev–Trinajstić information content (AvgIpc) is 3.06. The van der Waals surface area contributed by atoms with Gasteiger partial charge in [0.2, 0.25) is 0 Å². The van der Waals surface area contributed by atoms with E-state index in [4.69, 9.17) is 4.74 Å². The molecule has 1 N–H and O–H groups in total. The molecule has 0 unspecified atom stereocenters. The van der Waals surface area contributed by atoms with Crippen molar-refractivity contribution >= 4 is 17.3 Å². The van der Waals surface area contributed by atoms with E-state index < -0.39 is 16.9 Å². The Balaban J connectivity index is 1.50. The fraction of sp³-hybridized carbons (Fsp3) is 0.0909. The summed E-state index contributed by atoms with van der Waals surface area (Å²) in [5.74, 6) is -0.0554. The minimum absolute atomic E-state index is 0.0422. The number of hydrazone groups is 1. The summed E-state index contributed by atoms with van der Waals surface area (Å²) in [6.45, 7) is 1.59. The molecule has 144 valence electrons. The van der Waals surface area contributed by atoms with Crippen LogP contribution in [0.25, 0.3) is 11.1 Å². The first-order valence-corrected chi connectivity index (χ1v) is 9.02. The number of non-ortho nitro benzene ring substituents is 1. The van der Waals surface area contributed by atoms with Crippen molar-refractivity contribution in [3.05, 3.63) is 94.0 Å². The van der Waals surface area contributed by atoms with Gasteiger partial charge in [-0.2, -0.15) is 5.10 Å². The second-order valence-corrected chi connectivity index (χ2v) is 6.54. The van der Waals surface area contributed by atoms with E-state index in [1.54, 1.807) is 6.92 Å². The molecule has 1 amide bonds. The topological polar surface area (TPSA) is 93.8 Å². The van der Waals surface area contributed by atoms with Crippen molar-refractivity contribution in [3.63, 3.8) is 0 Å². The minimum Gasteiger partial charge on any atom is -0.481 e. The van der Waals surface area contributed by atoms with Gasteiger partial charge in [0.05, 0.1) is 10.6 Å². The van der Waals surface area contributed by atoms with Gasteiger partial charge in [0.1, 0.15) is 5.75 Å². The molecule has 0 fully saturated rings. The van der Waals surface area contributed by atoms with Crippen molar-refractivity contribution in [2.24, 2.45) is 5.10 Å². The number of benzene rings is 3. The van der Waals surface area contributed by atoms with E-state index in [9.17, 15) is 14.9 Å². The number of fused-ring (bicyclic) bond motifs is 3. The number of nitrogens with one attached hydrogen (secondary N) is 1. The first-order valence-electron chi connectivity index (χ1n) is 9.02. The van der Waals surface area contributed by atoms with Gasteiger partial charge in [-0.25, -0.2) is 5.43 Å². The van der Waals surface area contributed by atoms with E-state index in [1.807, 2.05) is 48.5 Å². The van der Waals surface area contributed by atoms with Gasteiger partial charge in [-0.3, -0.25) is 14.9 Å². The normalized spacial score (nSPS) is 12.5. The van der Waals surface area contributed by atoms with Crippen LogP contribution in [0, 0.1) is 10.1 Å². The molecule has 7 heteroatoms. The number of nitrogens with zero attached hydrogens (tertiary/aromatic N) is 2. The monoisotopic (exact) mass is 387 g/mol. The molecule has 0 spiro atoms. The number of carbonyl (C=O) groups excluding carboxylic acids is 1. The zero-order chi connectivity index (χ0) is 20.4. The quantitative estimate of drug-likeness (QED) is 0.415. The zero-order valence-corrected chi connectivity index (χ0v) is 15.5. The number of hydrogen-bond acceptors (Lipinski definition) is 5. The van der Waals surface area contributed by atoms with Gasteiger partial charge in [-0.1, -0.05) is 48.5 Å². The van der Waals surface area contributed by atoms with E-state index in [0.717, 1.165) is 22.3 Å². The van der Waals surface area contributed by atoms with E-state index in [0.29, 0.717) is 11.5 Å². The Hall–Kier alpha value is -4.00. The lowest BCUT2D eigenvalue weighted by atomic mass is 10.1. The molecule has 0 heterocycles. The molecular weight excluding hydrogens is 370 g/mol. The van der Waals surface area contributed by atoms with Gasteiger partial charge in [-0.15, -0.1) is 0 Å². The molecule has 0 radical (unpaired) electrons. The lowest BCUT2D eigenvalue weighted by molar-refractivity contribution is -0.384. The van der Waals surface area contributed by atoms with Crippen LogP contribution in [0.1, 0.15) is 18.1 Å². The number of nitro benzene ring substituents is 1. The van der Waals surface area contributed by atoms with Crippen molar-refractivity contribution in [1.29, 1.82) is 0 Å². The molecule has 1 aliphatic carbocycles. The first-order chi connectivity index (χ1) is 14.0. The summed E-state index contributed by atoms with van der Waals surface area (Å²) in [6.07, 6.45) is -0.826. The lowest BCUT2D eigenvalue weighted by Gasteiger charge is -2.13. The third-order valence-corrected chi connectivity index (χ3v) is 4.66. The van der Waals surface area contributed by atoms with Crippen molar-refractivity contribution in [3.8, 4) is 16.9 Å². The van der Waals surface area contributed by atoms with Crippen molar-refractivity contribution in [2.75, 3.05) is 0 Å². The second-order valence-electron chi connectivity index (χ2n) is 6.54. The number of nitro groups is 1. The Morgan fingerprint density at radius 1 is 0.931 bits per heavy atom. The Morgan fingerprint density at radius 3 is 1.97 bits per heavy atom. The van der Waals surface area contributed by atoms with Gasteiger partial charge in [0.25, 0.3) is 11.6 Å². The molecule has 0 aromatic heterocycles. The number of amides is 1. The van der Waals surface area contributed by atoms with Crippen LogP contribution in [0.3, 0.4) is 0 Å². The number of hydrogen-bond donors (Lipinski definition) is 1. The Bertz CT molecular complexity index is 1080. The third kappa shape index (κ3) is 3.58. The molecule has 4 rings (SSSR count). The molecule has 1 aliphatic rings. The van der Waals surface area contributed by atoms with E-state index in [-0.39, 0.29) is 5.69 Å². The van der Waals surface area contributed by atoms with Gasteiger partial charge in [0, 0.05) is 23.3 Å². The van der Waals surface area contributed by atoms with Crippen LogP contribution in [-0.4, -0.2) is 22.6 Å². The van der Waals surface area contributed by atoms with Gasteiger partial charge >= 0.3 is 0 Å². The highest BCUT2D eigenvalue weighted by Crippen LogP contribution is 2.36. The molecule has 3 aromatic rings. The molecule has 0 bridgehead atoms. The van der Waals surface area contributed by atoms with Crippen LogP contribution >= 0.6 is 0 Å². The molecule has 29 heavy (non-hydrogen) atoms. The molecule has 0 aliphatic heterocycles. The average molecular weight is 387 g/mol. The summed E-state index contributed by atoms with van der Waals surface area (Å²) in [5.41, 5.74) is 7.29. The smallest absolute Gasteiger partial charge is 0.280 e. The molecule has 1 atom stereocenters. The van der Waals surface area contributed by atoms with Crippen LogP contribution < -0.4 is 10.2 Å².